The third-order valence-electron chi connectivity index (χ3n) is 8.46. The molecular formula is C25H31N3O4. The molecule has 3 unspecified atom stereocenters. The van der Waals surface area contributed by atoms with Crippen molar-refractivity contribution in [1.82, 2.24) is 14.8 Å². The van der Waals surface area contributed by atoms with E-state index in [0.717, 1.165) is 62.3 Å². The molecule has 7 heteroatoms. The number of aromatic nitrogens is 3. The Morgan fingerprint density at radius 3 is 2.72 bits per heavy atom. The molecule has 1 saturated heterocycles. The molecule has 7 nitrogen and oxygen atoms in total. The highest BCUT2D eigenvalue weighted by atomic mass is 16.5. The number of carboxylic acids is 1. The summed E-state index contributed by atoms with van der Waals surface area (Å²) in [7, 11) is 0. The van der Waals surface area contributed by atoms with Crippen molar-refractivity contribution in [2.24, 2.45) is 29.1 Å². The van der Waals surface area contributed by atoms with Crippen LogP contribution in [-0.4, -0.2) is 39.1 Å². The van der Waals surface area contributed by atoms with Gasteiger partial charge in [-0.3, -0.25) is 9.78 Å². The van der Waals surface area contributed by atoms with Crippen LogP contribution in [0, 0.1) is 29.1 Å². The maximum atomic E-state index is 11.9. The van der Waals surface area contributed by atoms with E-state index in [0.29, 0.717) is 30.3 Å². The Hall–Kier alpha value is -2.41. The summed E-state index contributed by atoms with van der Waals surface area (Å²) >= 11 is 0. The summed E-state index contributed by atoms with van der Waals surface area (Å²) in [5, 5.41) is 14.3. The lowest BCUT2D eigenvalue weighted by Gasteiger charge is -2.58. The van der Waals surface area contributed by atoms with Crippen LogP contribution in [0.15, 0.2) is 30.6 Å². The molecule has 5 aliphatic rings. The first-order chi connectivity index (χ1) is 15.6. The topological polar surface area (TPSA) is 86.5 Å². The smallest absolute Gasteiger partial charge is 0.309 e. The molecule has 2 aromatic rings. The Labute approximate surface area is 188 Å². The molecule has 5 fully saturated rings. The molecule has 4 saturated carbocycles. The lowest BCUT2D eigenvalue weighted by atomic mass is 9.46. The minimum Gasteiger partial charge on any atom is -0.492 e. The molecule has 32 heavy (non-hydrogen) atoms. The second kappa shape index (κ2) is 7.87. The van der Waals surface area contributed by atoms with Gasteiger partial charge >= 0.3 is 5.97 Å². The zero-order valence-corrected chi connectivity index (χ0v) is 18.4. The van der Waals surface area contributed by atoms with Gasteiger partial charge in [-0.15, -0.1) is 0 Å². The van der Waals surface area contributed by atoms with E-state index in [1.54, 1.807) is 12.4 Å². The van der Waals surface area contributed by atoms with Crippen LogP contribution in [0.1, 0.15) is 57.6 Å². The number of pyridine rings is 1. The second-order valence-electron chi connectivity index (χ2n) is 10.4. The highest BCUT2D eigenvalue weighted by Gasteiger charge is 2.58. The lowest BCUT2D eigenvalue weighted by Crippen LogP contribution is -2.55. The van der Waals surface area contributed by atoms with Crippen LogP contribution in [0.4, 0.5) is 0 Å². The fourth-order valence-electron chi connectivity index (χ4n) is 7.14. The number of ether oxygens (including phenoxy) is 2. The summed E-state index contributed by atoms with van der Waals surface area (Å²) in [6.45, 7) is 1.44. The summed E-state index contributed by atoms with van der Waals surface area (Å²) in [5.41, 5.74) is 1.37. The van der Waals surface area contributed by atoms with E-state index in [4.69, 9.17) is 9.47 Å². The molecule has 0 aromatic carbocycles. The van der Waals surface area contributed by atoms with Crippen molar-refractivity contribution >= 4 is 5.97 Å². The fraction of sp³-hybridized carbons (Fsp3) is 0.640. The summed E-state index contributed by atoms with van der Waals surface area (Å²) in [5.74, 6) is 2.22. The minimum absolute atomic E-state index is 0.0162. The van der Waals surface area contributed by atoms with Gasteiger partial charge in [-0.25, -0.2) is 4.68 Å². The summed E-state index contributed by atoms with van der Waals surface area (Å²) in [6, 6.07) is 5.95. The first kappa shape index (κ1) is 20.2. The third-order valence-corrected chi connectivity index (χ3v) is 8.46. The number of hydrogen-bond donors (Lipinski definition) is 1. The Morgan fingerprint density at radius 2 is 2.03 bits per heavy atom. The predicted molar refractivity (Wildman–Crippen MR) is 117 cm³/mol. The number of carbonyl (C=O) groups is 1. The SMILES string of the molecule is O=C(O)C12CC3CC(C1)C(COc1ccc(-c4ccnn4C4CCCCO4)nc1)C(C3)C2. The molecule has 170 valence electrons. The van der Waals surface area contributed by atoms with E-state index in [2.05, 4.69) is 10.1 Å². The van der Waals surface area contributed by atoms with Gasteiger partial charge in [-0.1, -0.05) is 0 Å². The van der Waals surface area contributed by atoms with Crippen molar-refractivity contribution in [3.8, 4) is 17.1 Å². The van der Waals surface area contributed by atoms with Crippen molar-refractivity contribution in [3.63, 3.8) is 0 Å². The molecule has 0 spiro atoms. The van der Waals surface area contributed by atoms with Crippen LogP contribution in [-0.2, 0) is 9.53 Å². The van der Waals surface area contributed by atoms with Gasteiger partial charge in [-0.2, -0.15) is 5.10 Å². The summed E-state index contributed by atoms with van der Waals surface area (Å²) in [6.07, 6.45) is 11.7. The standard InChI is InChI=1S/C25H31N3O4/c29-24(30)25-11-16-9-17(12-25)20(18(10-16)13-25)15-32-19-4-5-21(26-14-19)22-6-7-27-28(22)23-3-1-2-8-31-23/h4-7,14,16-18,20,23H,1-3,8-13,15H2,(H,29,30). The van der Waals surface area contributed by atoms with E-state index >= 15 is 0 Å². The molecule has 4 bridgehead atoms. The molecule has 7 rings (SSSR count). The monoisotopic (exact) mass is 437 g/mol. The molecule has 0 radical (unpaired) electrons. The van der Waals surface area contributed by atoms with Crippen LogP contribution in [0.3, 0.4) is 0 Å². The average Bonchev–Trinajstić information content (AvgIpc) is 3.29. The van der Waals surface area contributed by atoms with Gasteiger partial charge in [0.1, 0.15) is 5.75 Å². The molecule has 4 aliphatic carbocycles. The van der Waals surface area contributed by atoms with E-state index in [-0.39, 0.29) is 6.23 Å². The lowest BCUT2D eigenvalue weighted by molar-refractivity contribution is -0.172. The van der Waals surface area contributed by atoms with Gasteiger partial charge in [0.05, 0.1) is 29.6 Å². The highest BCUT2D eigenvalue weighted by Crippen LogP contribution is 2.62. The quantitative estimate of drug-likeness (QED) is 0.713. The molecule has 1 N–H and O–H groups in total. The Morgan fingerprint density at radius 1 is 1.19 bits per heavy atom. The number of hydrogen-bond acceptors (Lipinski definition) is 5. The van der Waals surface area contributed by atoms with E-state index in [1.165, 1.54) is 12.8 Å². The van der Waals surface area contributed by atoms with Crippen LogP contribution in [0.25, 0.3) is 11.4 Å². The van der Waals surface area contributed by atoms with Gasteiger partial charge in [0.15, 0.2) is 6.23 Å². The normalized spacial score (nSPS) is 35.7. The van der Waals surface area contributed by atoms with Crippen LogP contribution < -0.4 is 4.74 Å². The van der Waals surface area contributed by atoms with Crippen LogP contribution >= 0.6 is 0 Å². The maximum Gasteiger partial charge on any atom is 0.309 e. The summed E-state index contributed by atoms with van der Waals surface area (Å²) in [4.78, 5) is 16.6. The zero-order valence-electron chi connectivity index (χ0n) is 18.4. The number of aliphatic carboxylic acids is 1. The highest BCUT2D eigenvalue weighted by molar-refractivity contribution is 5.75. The number of nitrogens with zero attached hydrogens (tertiary/aromatic N) is 3. The van der Waals surface area contributed by atoms with E-state index in [9.17, 15) is 9.90 Å². The Bertz CT molecular complexity index is 965. The van der Waals surface area contributed by atoms with Gasteiger partial charge in [0.2, 0.25) is 0 Å². The van der Waals surface area contributed by atoms with Crippen molar-refractivity contribution in [3.05, 3.63) is 30.6 Å². The van der Waals surface area contributed by atoms with Gasteiger partial charge in [0.25, 0.3) is 0 Å². The molecule has 0 amide bonds. The fourth-order valence-corrected chi connectivity index (χ4v) is 7.14. The minimum atomic E-state index is -0.575. The van der Waals surface area contributed by atoms with Crippen molar-refractivity contribution in [2.75, 3.05) is 13.2 Å². The second-order valence-corrected chi connectivity index (χ2v) is 10.4. The first-order valence-corrected chi connectivity index (χ1v) is 12.1. The zero-order chi connectivity index (χ0) is 21.7. The van der Waals surface area contributed by atoms with E-state index < -0.39 is 11.4 Å². The van der Waals surface area contributed by atoms with Crippen molar-refractivity contribution < 1.29 is 19.4 Å². The number of carboxylic acid groups (broad SMARTS) is 1. The Balaban J connectivity index is 1.12. The predicted octanol–water partition coefficient (Wildman–Crippen LogP) is 4.55. The van der Waals surface area contributed by atoms with Gasteiger partial charge in [0, 0.05) is 12.8 Å². The van der Waals surface area contributed by atoms with E-state index in [1.807, 2.05) is 22.9 Å². The van der Waals surface area contributed by atoms with Crippen LogP contribution in [0.5, 0.6) is 5.75 Å². The Kier molecular flexibility index (Phi) is 4.97. The molecular weight excluding hydrogens is 406 g/mol. The molecule has 3 atom stereocenters. The molecule has 3 heterocycles. The van der Waals surface area contributed by atoms with Crippen LogP contribution in [0.2, 0.25) is 0 Å². The third kappa shape index (κ3) is 3.41. The largest absolute Gasteiger partial charge is 0.492 e. The summed E-state index contributed by atoms with van der Waals surface area (Å²) < 4.78 is 14.0. The molecule has 2 aromatic heterocycles. The first-order valence-electron chi connectivity index (χ1n) is 12.1. The van der Waals surface area contributed by atoms with Crippen molar-refractivity contribution in [1.29, 1.82) is 0 Å². The average molecular weight is 438 g/mol. The van der Waals surface area contributed by atoms with Gasteiger partial charge < -0.3 is 14.6 Å². The van der Waals surface area contributed by atoms with Gasteiger partial charge in [-0.05, 0) is 93.2 Å². The number of rotatable bonds is 6. The molecule has 1 aliphatic heterocycles. The maximum absolute atomic E-state index is 11.9. The van der Waals surface area contributed by atoms with Crippen molar-refractivity contribution in [2.45, 2.75) is 57.6 Å².